The first-order valence-electron chi connectivity index (χ1n) is 6.05. The summed E-state index contributed by atoms with van der Waals surface area (Å²) in [6, 6.07) is 0.0309. The van der Waals surface area contributed by atoms with Gasteiger partial charge in [-0.25, -0.2) is 0 Å². The van der Waals surface area contributed by atoms with Gasteiger partial charge in [-0.15, -0.1) is 0 Å². The average molecular weight is 212 g/mol. The summed E-state index contributed by atoms with van der Waals surface area (Å²) in [4.78, 5) is 16.2. The number of hydrogen-bond acceptors (Lipinski definition) is 2. The van der Waals surface area contributed by atoms with Crippen LogP contribution in [-0.2, 0) is 4.79 Å². The maximum atomic E-state index is 12.1. The largest absolute Gasteiger partial charge is 0.341 e. The highest BCUT2D eigenvalue weighted by Crippen LogP contribution is 2.17. The molecule has 88 valence electrons. The minimum absolute atomic E-state index is 0.0309. The van der Waals surface area contributed by atoms with Gasteiger partial charge >= 0.3 is 0 Å². The van der Waals surface area contributed by atoms with E-state index in [0.29, 0.717) is 5.91 Å². The van der Waals surface area contributed by atoms with Gasteiger partial charge in [0.2, 0.25) is 5.91 Å². The van der Waals surface area contributed by atoms with E-state index >= 15 is 0 Å². The molecule has 0 radical (unpaired) electrons. The molecule has 0 spiro atoms. The Kier molecular flexibility index (Phi) is 4.58. The van der Waals surface area contributed by atoms with Crippen LogP contribution >= 0.6 is 0 Å². The van der Waals surface area contributed by atoms with Crippen LogP contribution in [0.2, 0.25) is 0 Å². The first kappa shape index (κ1) is 12.5. The van der Waals surface area contributed by atoms with Crippen molar-refractivity contribution in [2.24, 2.45) is 5.92 Å². The lowest BCUT2D eigenvalue weighted by atomic mass is 9.99. The summed E-state index contributed by atoms with van der Waals surface area (Å²) >= 11 is 0. The molecule has 0 aromatic heterocycles. The molecule has 1 heterocycles. The smallest absolute Gasteiger partial charge is 0.239 e. The maximum Gasteiger partial charge on any atom is 0.239 e. The zero-order valence-electron chi connectivity index (χ0n) is 10.5. The van der Waals surface area contributed by atoms with Crippen molar-refractivity contribution < 1.29 is 4.79 Å². The summed E-state index contributed by atoms with van der Waals surface area (Å²) in [6.45, 7) is 9.18. The zero-order valence-corrected chi connectivity index (χ0v) is 10.5. The van der Waals surface area contributed by atoms with Crippen molar-refractivity contribution in [3.8, 4) is 0 Å². The number of rotatable bonds is 3. The van der Waals surface area contributed by atoms with E-state index in [4.69, 9.17) is 0 Å². The number of piperidine rings is 1. The fourth-order valence-electron chi connectivity index (χ4n) is 1.96. The fraction of sp³-hybridized carbons (Fsp3) is 0.917. The van der Waals surface area contributed by atoms with E-state index in [1.165, 1.54) is 0 Å². The van der Waals surface area contributed by atoms with Crippen molar-refractivity contribution in [1.29, 1.82) is 0 Å². The van der Waals surface area contributed by atoms with Crippen LogP contribution in [0.1, 0.15) is 33.6 Å². The first-order chi connectivity index (χ1) is 7.06. The van der Waals surface area contributed by atoms with Crippen molar-refractivity contribution >= 4 is 5.91 Å². The molecule has 0 aliphatic carbocycles. The van der Waals surface area contributed by atoms with Crippen molar-refractivity contribution in [3.63, 3.8) is 0 Å². The van der Waals surface area contributed by atoms with Gasteiger partial charge in [0.1, 0.15) is 0 Å². The maximum absolute atomic E-state index is 12.1. The topological polar surface area (TPSA) is 23.6 Å². The van der Waals surface area contributed by atoms with Crippen LogP contribution in [0.15, 0.2) is 0 Å². The lowest BCUT2D eigenvalue weighted by molar-refractivity contribution is -0.137. The van der Waals surface area contributed by atoms with Crippen molar-refractivity contribution in [2.45, 2.75) is 39.7 Å². The Morgan fingerprint density at radius 2 is 2.00 bits per heavy atom. The second-order valence-electron chi connectivity index (χ2n) is 4.76. The molecule has 1 saturated heterocycles. The van der Waals surface area contributed by atoms with Crippen LogP contribution in [0.4, 0.5) is 0 Å². The number of nitrogens with zero attached hydrogens (tertiary/aromatic N) is 2. The van der Waals surface area contributed by atoms with E-state index in [-0.39, 0.29) is 6.04 Å². The molecular weight excluding hydrogens is 188 g/mol. The van der Waals surface area contributed by atoms with Crippen LogP contribution in [0.25, 0.3) is 0 Å². The quantitative estimate of drug-likeness (QED) is 0.709. The molecule has 1 atom stereocenters. The van der Waals surface area contributed by atoms with E-state index < -0.39 is 0 Å². The monoisotopic (exact) mass is 212 g/mol. The van der Waals surface area contributed by atoms with E-state index in [9.17, 15) is 4.79 Å². The Hall–Kier alpha value is -0.570. The molecule has 1 aliphatic rings. The molecule has 0 saturated carbocycles. The number of amides is 1. The number of hydrogen-bond donors (Lipinski definition) is 0. The van der Waals surface area contributed by atoms with Gasteiger partial charge in [0.25, 0.3) is 0 Å². The standard InChI is InChI=1S/C12H24N2O/c1-5-13(4)11(3)12(15)14-8-6-10(2)7-9-14/h10-11H,5-9H2,1-4H3. The molecular formula is C12H24N2O. The van der Waals surface area contributed by atoms with Gasteiger partial charge in [-0.2, -0.15) is 0 Å². The van der Waals surface area contributed by atoms with Gasteiger partial charge in [-0.1, -0.05) is 13.8 Å². The molecule has 0 aromatic carbocycles. The third kappa shape index (κ3) is 3.20. The Labute approximate surface area is 93.4 Å². The average Bonchev–Trinajstić information content (AvgIpc) is 2.27. The third-order valence-electron chi connectivity index (χ3n) is 3.61. The normalized spacial score (nSPS) is 20.7. The molecule has 15 heavy (non-hydrogen) atoms. The molecule has 1 fully saturated rings. The number of carbonyl (C=O) groups excluding carboxylic acids is 1. The summed E-state index contributed by atoms with van der Waals surface area (Å²) < 4.78 is 0. The molecule has 1 aliphatic heterocycles. The lowest BCUT2D eigenvalue weighted by Crippen LogP contribution is -2.48. The molecule has 3 nitrogen and oxygen atoms in total. The molecule has 0 N–H and O–H groups in total. The second-order valence-corrected chi connectivity index (χ2v) is 4.76. The van der Waals surface area contributed by atoms with Crippen LogP contribution < -0.4 is 0 Å². The molecule has 3 heteroatoms. The first-order valence-corrected chi connectivity index (χ1v) is 6.05. The summed E-state index contributed by atoms with van der Waals surface area (Å²) in [5.74, 6) is 1.08. The molecule has 1 amide bonds. The Balaban J connectivity index is 2.46. The van der Waals surface area contributed by atoms with Gasteiger partial charge < -0.3 is 4.90 Å². The van der Waals surface area contributed by atoms with Crippen molar-refractivity contribution in [2.75, 3.05) is 26.7 Å². The van der Waals surface area contributed by atoms with Crippen LogP contribution in [0.5, 0.6) is 0 Å². The summed E-state index contributed by atoms with van der Waals surface area (Å²) in [6.07, 6.45) is 2.32. The van der Waals surface area contributed by atoms with Crippen molar-refractivity contribution in [1.82, 2.24) is 9.80 Å². The summed E-state index contributed by atoms with van der Waals surface area (Å²) in [7, 11) is 2.01. The second kappa shape index (κ2) is 5.50. The molecule has 0 aromatic rings. The predicted molar refractivity (Wildman–Crippen MR) is 62.7 cm³/mol. The number of carbonyl (C=O) groups is 1. The molecule has 1 unspecified atom stereocenters. The van der Waals surface area contributed by atoms with Crippen LogP contribution in [-0.4, -0.2) is 48.4 Å². The van der Waals surface area contributed by atoms with Crippen molar-refractivity contribution in [3.05, 3.63) is 0 Å². The minimum atomic E-state index is 0.0309. The van der Waals surface area contributed by atoms with Gasteiger partial charge in [0.05, 0.1) is 6.04 Å². The number of likely N-dealkylation sites (tertiary alicyclic amines) is 1. The fourth-order valence-corrected chi connectivity index (χ4v) is 1.96. The Morgan fingerprint density at radius 1 is 1.47 bits per heavy atom. The highest BCUT2D eigenvalue weighted by atomic mass is 16.2. The number of likely N-dealkylation sites (N-methyl/N-ethyl adjacent to an activating group) is 1. The van der Waals surface area contributed by atoms with Gasteiger partial charge in [-0.3, -0.25) is 9.69 Å². The van der Waals surface area contributed by atoms with Crippen LogP contribution in [0, 0.1) is 5.92 Å². The Morgan fingerprint density at radius 3 is 2.47 bits per heavy atom. The van der Waals surface area contributed by atoms with E-state index in [0.717, 1.165) is 38.4 Å². The van der Waals surface area contributed by atoms with Gasteiger partial charge in [0, 0.05) is 13.1 Å². The highest BCUT2D eigenvalue weighted by Gasteiger charge is 2.25. The van der Waals surface area contributed by atoms with E-state index in [1.807, 2.05) is 18.9 Å². The van der Waals surface area contributed by atoms with Gasteiger partial charge in [0.15, 0.2) is 0 Å². The predicted octanol–water partition coefficient (Wildman–Crippen LogP) is 1.59. The highest BCUT2D eigenvalue weighted by molar-refractivity contribution is 5.81. The lowest BCUT2D eigenvalue weighted by Gasteiger charge is -2.34. The molecule has 0 bridgehead atoms. The zero-order chi connectivity index (χ0) is 11.4. The summed E-state index contributed by atoms with van der Waals surface area (Å²) in [5, 5.41) is 0. The van der Waals surface area contributed by atoms with E-state index in [2.05, 4.69) is 18.7 Å². The minimum Gasteiger partial charge on any atom is -0.341 e. The van der Waals surface area contributed by atoms with Gasteiger partial charge in [-0.05, 0) is 39.3 Å². The molecule has 1 rings (SSSR count). The van der Waals surface area contributed by atoms with E-state index in [1.54, 1.807) is 0 Å². The summed E-state index contributed by atoms with van der Waals surface area (Å²) in [5.41, 5.74) is 0. The third-order valence-corrected chi connectivity index (χ3v) is 3.61. The van der Waals surface area contributed by atoms with Crippen LogP contribution in [0.3, 0.4) is 0 Å². The Bertz CT molecular complexity index is 210. The SMILES string of the molecule is CCN(C)C(C)C(=O)N1CCC(C)CC1.